The largest absolute Gasteiger partial charge is 0.341 e. The lowest BCUT2D eigenvalue weighted by atomic mass is 9.69. The van der Waals surface area contributed by atoms with Crippen molar-refractivity contribution in [2.24, 2.45) is 23.2 Å². The third kappa shape index (κ3) is 4.29. The second-order valence-electron chi connectivity index (χ2n) is 9.51. The molecule has 1 saturated heterocycles. The zero-order valence-corrected chi connectivity index (χ0v) is 15.7. The van der Waals surface area contributed by atoms with Gasteiger partial charge in [-0.25, -0.2) is 0 Å². The van der Waals surface area contributed by atoms with E-state index >= 15 is 0 Å². The maximum atomic E-state index is 12.9. The van der Waals surface area contributed by atoms with Crippen molar-refractivity contribution in [3.63, 3.8) is 0 Å². The Hall–Kier alpha value is -0.570. The summed E-state index contributed by atoms with van der Waals surface area (Å²) in [5, 5.41) is 0. The van der Waals surface area contributed by atoms with Crippen LogP contribution in [0.25, 0.3) is 0 Å². The summed E-state index contributed by atoms with van der Waals surface area (Å²) in [6.45, 7) is 10.6. The molecule has 1 amide bonds. The van der Waals surface area contributed by atoms with Crippen LogP contribution in [0.4, 0.5) is 0 Å². The topological polar surface area (TPSA) is 23.6 Å². The summed E-state index contributed by atoms with van der Waals surface area (Å²) >= 11 is 0. The lowest BCUT2D eigenvalue weighted by molar-refractivity contribution is -0.137. The van der Waals surface area contributed by atoms with Crippen molar-refractivity contribution in [1.82, 2.24) is 9.80 Å². The number of hydrogen-bond donors (Lipinski definition) is 0. The van der Waals surface area contributed by atoms with Crippen molar-refractivity contribution in [2.45, 2.75) is 71.8 Å². The lowest BCUT2D eigenvalue weighted by Gasteiger charge is -2.38. The molecule has 0 aromatic rings. The van der Waals surface area contributed by atoms with Gasteiger partial charge >= 0.3 is 0 Å². The fourth-order valence-electron chi connectivity index (χ4n) is 4.63. The highest BCUT2D eigenvalue weighted by Gasteiger charge is 2.37. The quantitative estimate of drug-likeness (QED) is 0.787. The number of amides is 1. The fourth-order valence-corrected chi connectivity index (χ4v) is 4.63. The first kappa shape index (κ1) is 17.3. The van der Waals surface area contributed by atoms with Gasteiger partial charge in [-0.3, -0.25) is 4.79 Å². The molecule has 2 aliphatic carbocycles. The van der Waals surface area contributed by atoms with Crippen molar-refractivity contribution in [1.29, 1.82) is 0 Å². The van der Waals surface area contributed by atoms with E-state index in [4.69, 9.17) is 0 Å². The van der Waals surface area contributed by atoms with E-state index in [9.17, 15) is 4.79 Å². The molecule has 1 aliphatic heterocycles. The van der Waals surface area contributed by atoms with Crippen LogP contribution < -0.4 is 0 Å². The molecule has 2 saturated carbocycles. The molecule has 3 nitrogen and oxygen atoms in total. The Bertz CT molecular complexity index is 416. The minimum atomic E-state index is 0.288. The van der Waals surface area contributed by atoms with Gasteiger partial charge in [-0.2, -0.15) is 0 Å². The predicted molar refractivity (Wildman–Crippen MR) is 95.2 cm³/mol. The van der Waals surface area contributed by atoms with E-state index in [0.717, 1.165) is 31.2 Å². The summed E-state index contributed by atoms with van der Waals surface area (Å²) in [6, 6.07) is 0.460. The van der Waals surface area contributed by atoms with E-state index in [0.29, 0.717) is 17.4 Å². The zero-order valence-electron chi connectivity index (χ0n) is 15.7. The number of rotatable bonds is 4. The molecule has 0 radical (unpaired) electrons. The molecule has 0 N–H and O–H groups in total. The number of carbonyl (C=O) groups excluding carboxylic acids is 1. The molecule has 1 unspecified atom stereocenters. The average Bonchev–Trinajstić information content (AvgIpc) is 3.20. The Morgan fingerprint density at radius 3 is 2.26 bits per heavy atom. The van der Waals surface area contributed by atoms with E-state index < -0.39 is 0 Å². The number of hydrogen-bond acceptors (Lipinski definition) is 2. The smallest absolute Gasteiger partial charge is 0.225 e. The van der Waals surface area contributed by atoms with Gasteiger partial charge in [-0.15, -0.1) is 0 Å². The summed E-state index contributed by atoms with van der Waals surface area (Å²) in [5.74, 6) is 2.46. The fraction of sp³-hybridized carbons (Fsp3) is 0.950. The molecular formula is C20H36N2O. The maximum absolute atomic E-state index is 12.9. The van der Waals surface area contributed by atoms with Crippen molar-refractivity contribution in [3.05, 3.63) is 0 Å². The molecule has 3 heteroatoms. The molecule has 3 fully saturated rings. The Labute approximate surface area is 142 Å². The third-order valence-corrected chi connectivity index (χ3v) is 6.66. The average molecular weight is 321 g/mol. The Morgan fingerprint density at radius 1 is 1.04 bits per heavy atom. The molecule has 1 atom stereocenters. The predicted octanol–water partition coefficient (Wildman–Crippen LogP) is 3.78. The monoisotopic (exact) mass is 320 g/mol. The normalized spacial score (nSPS) is 33.0. The number of likely N-dealkylation sites (N-methyl/N-ethyl adjacent to an activating group) is 1. The van der Waals surface area contributed by atoms with Gasteiger partial charge in [0.2, 0.25) is 5.91 Å². The molecule has 23 heavy (non-hydrogen) atoms. The molecule has 132 valence electrons. The van der Waals surface area contributed by atoms with Crippen molar-refractivity contribution in [3.8, 4) is 0 Å². The van der Waals surface area contributed by atoms with Gasteiger partial charge in [0.1, 0.15) is 0 Å². The second-order valence-corrected chi connectivity index (χ2v) is 9.51. The van der Waals surface area contributed by atoms with Crippen LogP contribution in [0, 0.1) is 23.2 Å². The van der Waals surface area contributed by atoms with Crippen LogP contribution in [0.15, 0.2) is 0 Å². The minimum absolute atomic E-state index is 0.288. The van der Waals surface area contributed by atoms with Gasteiger partial charge in [-0.1, -0.05) is 20.8 Å². The Morgan fingerprint density at radius 2 is 1.70 bits per heavy atom. The maximum Gasteiger partial charge on any atom is 0.225 e. The summed E-state index contributed by atoms with van der Waals surface area (Å²) < 4.78 is 0. The highest BCUT2D eigenvalue weighted by Crippen LogP contribution is 2.40. The standard InChI is InChI=1S/C20H36N2O/c1-20(2,3)17-9-7-16(8-10-17)19(23)21(4)18-11-12-22(14-18)13-15-5-6-15/h15-18H,5-14H2,1-4H3. The van der Waals surface area contributed by atoms with Crippen LogP contribution in [0.1, 0.15) is 65.7 Å². The summed E-state index contributed by atoms with van der Waals surface area (Å²) in [7, 11) is 2.06. The molecule has 0 aromatic carbocycles. The van der Waals surface area contributed by atoms with E-state index in [1.54, 1.807) is 0 Å². The molecular weight excluding hydrogens is 284 g/mol. The Kier molecular flexibility index (Phi) is 5.06. The number of nitrogens with zero attached hydrogens (tertiary/aromatic N) is 2. The van der Waals surface area contributed by atoms with Crippen molar-refractivity contribution in [2.75, 3.05) is 26.7 Å². The van der Waals surface area contributed by atoms with Crippen molar-refractivity contribution >= 4 is 5.91 Å². The van der Waals surface area contributed by atoms with Crippen LogP contribution >= 0.6 is 0 Å². The van der Waals surface area contributed by atoms with Crippen LogP contribution in [-0.4, -0.2) is 48.4 Å². The van der Waals surface area contributed by atoms with E-state index in [2.05, 4.69) is 37.6 Å². The van der Waals surface area contributed by atoms with Crippen LogP contribution in [0.2, 0.25) is 0 Å². The Balaban J connectivity index is 1.46. The zero-order chi connectivity index (χ0) is 16.6. The highest BCUT2D eigenvalue weighted by atomic mass is 16.2. The summed E-state index contributed by atoms with van der Waals surface area (Å²) in [5.41, 5.74) is 0.398. The van der Waals surface area contributed by atoms with Gasteiger partial charge in [0.05, 0.1) is 0 Å². The molecule has 0 bridgehead atoms. The first-order valence-electron chi connectivity index (χ1n) is 9.83. The van der Waals surface area contributed by atoms with E-state index in [1.807, 2.05) is 0 Å². The van der Waals surface area contributed by atoms with Gasteiger partial charge in [0, 0.05) is 38.6 Å². The summed E-state index contributed by atoms with van der Waals surface area (Å²) in [6.07, 6.45) is 8.68. The number of likely N-dealkylation sites (tertiary alicyclic amines) is 1. The van der Waals surface area contributed by atoms with Crippen LogP contribution in [-0.2, 0) is 4.79 Å². The van der Waals surface area contributed by atoms with Gasteiger partial charge in [0.15, 0.2) is 0 Å². The van der Waals surface area contributed by atoms with Gasteiger partial charge in [-0.05, 0) is 62.2 Å². The van der Waals surface area contributed by atoms with Gasteiger partial charge in [0.25, 0.3) is 0 Å². The third-order valence-electron chi connectivity index (χ3n) is 6.66. The van der Waals surface area contributed by atoms with Crippen molar-refractivity contribution < 1.29 is 4.79 Å². The summed E-state index contributed by atoms with van der Waals surface area (Å²) in [4.78, 5) is 17.6. The molecule has 1 heterocycles. The molecule has 3 aliphatic rings. The first-order valence-corrected chi connectivity index (χ1v) is 9.83. The number of carbonyl (C=O) groups is 1. The first-order chi connectivity index (χ1) is 10.8. The second kappa shape index (κ2) is 6.74. The van der Waals surface area contributed by atoms with E-state index in [1.165, 1.54) is 45.2 Å². The minimum Gasteiger partial charge on any atom is -0.341 e. The van der Waals surface area contributed by atoms with E-state index in [-0.39, 0.29) is 5.92 Å². The SMILES string of the molecule is CN(C(=O)C1CCC(C(C)(C)C)CC1)C1CCN(CC2CC2)C1. The molecule has 0 aromatic heterocycles. The van der Waals surface area contributed by atoms with Crippen LogP contribution in [0.3, 0.4) is 0 Å². The molecule has 0 spiro atoms. The van der Waals surface area contributed by atoms with Gasteiger partial charge < -0.3 is 9.80 Å². The highest BCUT2D eigenvalue weighted by molar-refractivity contribution is 5.79. The van der Waals surface area contributed by atoms with Crippen LogP contribution in [0.5, 0.6) is 0 Å². The lowest BCUT2D eigenvalue weighted by Crippen LogP contribution is -2.43. The molecule has 3 rings (SSSR count).